The summed E-state index contributed by atoms with van der Waals surface area (Å²) in [5, 5.41) is 6.19. The number of hydrogen-bond donors (Lipinski definition) is 2. The van der Waals surface area contributed by atoms with Crippen molar-refractivity contribution in [3.05, 3.63) is 40.0 Å². The molecule has 0 amide bonds. The molecule has 0 aliphatic carbocycles. The average molecular weight is 307 g/mol. The summed E-state index contributed by atoms with van der Waals surface area (Å²) in [6, 6.07) is 6.00. The number of halogens is 1. The molecule has 1 aromatic carbocycles. The molecule has 5 heteroatoms. The number of nitrogens with zero attached hydrogens (tertiary/aromatic N) is 2. The highest BCUT2D eigenvalue weighted by atomic mass is 79.9. The first kappa shape index (κ1) is 12.8. The second-order valence-electron chi connectivity index (χ2n) is 4.06. The SMILES string of the molecule is CNc1nccc(Nc2cc(C)c(Br)c(C)c2)n1. The molecule has 0 bridgehead atoms. The van der Waals surface area contributed by atoms with Crippen molar-refractivity contribution in [3.63, 3.8) is 0 Å². The van der Waals surface area contributed by atoms with E-state index in [0.717, 1.165) is 16.0 Å². The maximum Gasteiger partial charge on any atom is 0.224 e. The summed E-state index contributed by atoms with van der Waals surface area (Å²) in [7, 11) is 1.80. The van der Waals surface area contributed by atoms with E-state index in [0.29, 0.717) is 5.95 Å². The van der Waals surface area contributed by atoms with Crippen LogP contribution in [0.5, 0.6) is 0 Å². The number of anilines is 3. The second kappa shape index (κ2) is 5.35. The van der Waals surface area contributed by atoms with Crippen molar-refractivity contribution >= 4 is 33.4 Å². The topological polar surface area (TPSA) is 49.8 Å². The lowest BCUT2D eigenvalue weighted by Gasteiger charge is -2.10. The molecule has 1 heterocycles. The monoisotopic (exact) mass is 306 g/mol. The molecule has 2 N–H and O–H groups in total. The summed E-state index contributed by atoms with van der Waals surface area (Å²) >= 11 is 3.56. The Morgan fingerprint density at radius 2 is 1.83 bits per heavy atom. The fourth-order valence-electron chi connectivity index (χ4n) is 1.71. The minimum atomic E-state index is 0.602. The summed E-state index contributed by atoms with van der Waals surface area (Å²) in [6.07, 6.45) is 1.72. The predicted octanol–water partition coefficient (Wildman–Crippen LogP) is 3.64. The molecule has 0 unspecified atom stereocenters. The van der Waals surface area contributed by atoms with E-state index in [1.807, 2.05) is 6.07 Å². The molecule has 0 aliphatic rings. The Bertz CT molecular complexity index is 546. The minimum Gasteiger partial charge on any atom is -0.357 e. The van der Waals surface area contributed by atoms with Crippen molar-refractivity contribution in [3.8, 4) is 0 Å². The van der Waals surface area contributed by atoms with Gasteiger partial charge in [0.15, 0.2) is 0 Å². The van der Waals surface area contributed by atoms with Crippen molar-refractivity contribution in [2.75, 3.05) is 17.7 Å². The van der Waals surface area contributed by atoms with Crippen molar-refractivity contribution in [1.29, 1.82) is 0 Å². The second-order valence-corrected chi connectivity index (χ2v) is 4.86. The van der Waals surface area contributed by atoms with E-state index in [9.17, 15) is 0 Å². The Balaban J connectivity index is 2.28. The van der Waals surface area contributed by atoms with Crippen LogP contribution >= 0.6 is 15.9 Å². The van der Waals surface area contributed by atoms with Crippen molar-refractivity contribution in [2.24, 2.45) is 0 Å². The van der Waals surface area contributed by atoms with Crippen LogP contribution in [0.3, 0.4) is 0 Å². The molecule has 18 heavy (non-hydrogen) atoms. The highest BCUT2D eigenvalue weighted by molar-refractivity contribution is 9.10. The Morgan fingerprint density at radius 3 is 2.44 bits per heavy atom. The van der Waals surface area contributed by atoms with E-state index < -0.39 is 0 Å². The molecule has 1 aromatic heterocycles. The summed E-state index contributed by atoms with van der Waals surface area (Å²) in [4.78, 5) is 8.40. The lowest BCUT2D eigenvalue weighted by Crippen LogP contribution is -2.00. The van der Waals surface area contributed by atoms with Gasteiger partial charge in [-0.15, -0.1) is 0 Å². The molecule has 0 atom stereocenters. The van der Waals surface area contributed by atoms with Gasteiger partial charge in [-0.1, -0.05) is 15.9 Å². The first-order chi connectivity index (χ1) is 8.60. The average Bonchev–Trinajstić information content (AvgIpc) is 2.36. The maximum absolute atomic E-state index is 4.32. The molecule has 94 valence electrons. The van der Waals surface area contributed by atoms with Gasteiger partial charge in [-0.25, -0.2) is 4.98 Å². The zero-order chi connectivity index (χ0) is 13.1. The van der Waals surface area contributed by atoms with Crippen molar-refractivity contribution < 1.29 is 0 Å². The van der Waals surface area contributed by atoms with E-state index in [2.05, 4.69) is 62.5 Å². The molecule has 0 fully saturated rings. The van der Waals surface area contributed by atoms with Gasteiger partial charge >= 0.3 is 0 Å². The third-order valence-electron chi connectivity index (χ3n) is 2.59. The predicted molar refractivity (Wildman–Crippen MR) is 78.5 cm³/mol. The zero-order valence-electron chi connectivity index (χ0n) is 10.6. The number of benzene rings is 1. The Hall–Kier alpha value is -1.62. The van der Waals surface area contributed by atoms with Crippen LogP contribution in [0.25, 0.3) is 0 Å². The summed E-state index contributed by atoms with van der Waals surface area (Å²) in [5.41, 5.74) is 3.41. The van der Waals surface area contributed by atoms with Crippen molar-refractivity contribution in [2.45, 2.75) is 13.8 Å². The van der Waals surface area contributed by atoms with E-state index in [-0.39, 0.29) is 0 Å². The smallest absolute Gasteiger partial charge is 0.224 e. The van der Waals surface area contributed by atoms with Gasteiger partial charge in [0.25, 0.3) is 0 Å². The highest BCUT2D eigenvalue weighted by Gasteiger charge is 2.03. The highest BCUT2D eigenvalue weighted by Crippen LogP contribution is 2.26. The van der Waals surface area contributed by atoms with Gasteiger partial charge in [-0.3, -0.25) is 0 Å². The number of rotatable bonds is 3. The standard InChI is InChI=1S/C13H15BrN4/c1-8-6-10(7-9(2)12(8)14)17-11-4-5-16-13(15-3)18-11/h4-7H,1-3H3,(H2,15,16,17,18). The third-order valence-corrected chi connectivity index (χ3v) is 3.84. The fourth-order valence-corrected chi connectivity index (χ4v) is 1.94. The van der Waals surface area contributed by atoms with Crippen LogP contribution in [0.4, 0.5) is 17.5 Å². The van der Waals surface area contributed by atoms with Gasteiger partial charge in [-0.05, 0) is 43.2 Å². The number of aryl methyl sites for hydroxylation is 2. The van der Waals surface area contributed by atoms with Gasteiger partial charge < -0.3 is 10.6 Å². The number of hydrogen-bond acceptors (Lipinski definition) is 4. The van der Waals surface area contributed by atoms with Gasteiger partial charge in [-0.2, -0.15) is 4.98 Å². The van der Waals surface area contributed by atoms with Gasteiger partial charge in [0.05, 0.1) is 0 Å². The van der Waals surface area contributed by atoms with Crippen LogP contribution in [0.2, 0.25) is 0 Å². The van der Waals surface area contributed by atoms with Crippen LogP contribution in [0.15, 0.2) is 28.9 Å². The molecular weight excluding hydrogens is 292 g/mol. The molecule has 2 rings (SSSR count). The Morgan fingerprint density at radius 1 is 1.17 bits per heavy atom. The zero-order valence-corrected chi connectivity index (χ0v) is 12.2. The molecular formula is C13H15BrN4. The van der Waals surface area contributed by atoms with Crippen LogP contribution in [-0.2, 0) is 0 Å². The molecule has 4 nitrogen and oxygen atoms in total. The third kappa shape index (κ3) is 2.79. The summed E-state index contributed by atoms with van der Waals surface area (Å²) in [6.45, 7) is 4.14. The summed E-state index contributed by atoms with van der Waals surface area (Å²) in [5.74, 6) is 1.38. The molecule has 0 saturated heterocycles. The van der Waals surface area contributed by atoms with E-state index in [4.69, 9.17) is 0 Å². The Kier molecular flexibility index (Phi) is 3.81. The van der Waals surface area contributed by atoms with Gasteiger partial charge in [0, 0.05) is 23.4 Å². The summed E-state index contributed by atoms with van der Waals surface area (Å²) < 4.78 is 1.15. The first-order valence-corrected chi connectivity index (χ1v) is 6.44. The quantitative estimate of drug-likeness (QED) is 0.909. The minimum absolute atomic E-state index is 0.602. The van der Waals surface area contributed by atoms with Crippen LogP contribution in [-0.4, -0.2) is 17.0 Å². The lowest BCUT2D eigenvalue weighted by atomic mass is 10.1. The number of nitrogens with one attached hydrogen (secondary N) is 2. The molecule has 0 saturated carbocycles. The largest absolute Gasteiger partial charge is 0.357 e. The Labute approximate surface area is 115 Å². The van der Waals surface area contributed by atoms with E-state index in [1.165, 1.54) is 11.1 Å². The van der Waals surface area contributed by atoms with E-state index in [1.54, 1.807) is 13.2 Å². The maximum atomic E-state index is 4.32. The van der Waals surface area contributed by atoms with Gasteiger partial charge in [0.1, 0.15) is 5.82 Å². The molecule has 0 radical (unpaired) electrons. The normalized spacial score (nSPS) is 10.2. The van der Waals surface area contributed by atoms with Crippen molar-refractivity contribution in [1.82, 2.24) is 9.97 Å². The molecule has 2 aromatic rings. The van der Waals surface area contributed by atoms with Crippen LogP contribution in [0, 0.1) is 13.8 Å². The fraction of sp³-hybridized carbons (Fsp3) is 0.231. The molecule has 0 aliphatic heterocycles. The number of aromatic nitrogens is 2. The van der Waals surface area contributed by atoms with Crippen LogP contribution < -0.4 is 10.6 Å². The van der Waals surface area contributed by atoms with Crippen LogP contribution in [0.1, 0.15) is 11.1 Å². The van der Waals surface area contributed by atoms with E-state index >= 15 is 0 Å². The first-order valence-electron chi connectivity index (χ1n) is 5.64. The molecule has 0 spiro atoms. The van der Waals surface area contributed by atoms with Gasteiger partial charge in [0.2, 0.25) is 5.95 Å². The lowest BCUT2D eigenvalue weighted by molar-refractivity contribution is 1.15.